The molecule has 0 aromatic carbocycles. The van der Waals surface area contributed by atoms with Gasteiger partial charge in [-0.15, -0.1) is 0 Å². The molecule has 0 saturated carbocycles. The Morgan fingerprint density at radius 1 is 1.04 bits per heavy atom. The molecule has 1 fully saturated rings. The molecule has 1 heterocycles. The Bertz CT molecular complexity index is 575. The van der Waals surface area contributed by atoms with Crippen LogP contribution in [0, 0.1) is 0 Å². The maximum Gasteiger partial charge on any atom is 0.303 e. The summed E-state index contributed by atoms with van der Waals surface area (Å²) in [7, 11) is 0. The van der Waals surface area contributed by atoms with Gasteiger partial charge in [0.25, 0.3) is 5.90 Å². The van der Waals surface area contributed by atoms with Crippen LogP contribution in [0.25, 0.3) is 0 Å². The molecule has 2 unspecified atom stereocenters. The first-order valence-electron chi connectivity index (χ1n) is 7.29. The van der Waals surface area contributed by atoms with Crippen LogP contribution in [-0.4, -0.2) is 65.9 Å². The van der Waals surface area contributed by atoms with Crippen molar-refractivity contribution in [3.63, 3.8) is 0 Å². The number of nitrogens with zero attached hydrogens (tertiary/aromatic N) is 1. The first kappa shape index (κ1) is 20.2. The number of carbonyl (C=O) groups excluding carboxylic acids is 4. The van der Waals surface area contributed by atoms with Crippen LogP contribution in [0.15, 0.2) is 5.16 Å². The Kier molecular flexibility index (Phi) is 7.15. The molecule has 11 heteroatoms. The molecule has 140 valence electrons. The highest BCUT2D eigenvalue weighted by Gasteiger charge is 2.50. The van der Waals surface area contributed by atoms with E-state index in [1.807, 2.05) is 0 Å². The summed E-state index contributed by atoms with van der Waals surface area (Å²) >= 11 is 0. The van der Waals surface area contributed by atoms with Crippen molar-refractivity contribution in [2.24, 2.45) is 5.16 Å². The first-order chi connectivity index (χ1) is 11.6. The van der Waals surface area contributed by atoms with Crippen molar-refractivity contribution in [1.82, 2.24) is 5.32 Å². The Morgan fingerprint density at radius 2 is 1.60 bits per heavy atom. The predicted molar refractivity (Wildman–Crippen MR) is 79.4 cm³/mol. The van der Waals surface area contributed by atoms with Crippen LogP contribution in [0.4, 0.5) is 0 Å². The number of oxime groups is 1. The third kappa shape index (κ3) is 5.94. The molecule has 1 aliphatic heterocycles. The number of esters is 3. The smallest absolute Gasteiger partial charge is 0.303 e. The molecule has 0 radical (unpaired) electrons. The molecule has 1 saturated heterocycles. The molecule has 2 N–H and O–H groups in total. The van der Waals surface area contributed by atoms with Crippen molar-refractivity contribution in [3.05, 3.63) is 0 Å². The zero-order valence-electron chi connectivity index (χ0n) is 14.2. The monoisotopic (exact) mass is 360 g/mol. The first-order valence-corrected chi connectivity index (χ1v) is 7.29. The third-order valence-corrected chi connectivity index (χ3v) is 3.07. The van der Waals surface area contributed by atoms with E-state index in [0.717, 1.165) is 20.8 Å². The van der Waals surface area contributed by atoms with Crippen molar-refractivity contribution < 1.29 is 43.3 Å². The van der Waals surface area contributed by atoms with E-state index >= 15 is 0 Å². The molecule has 0 bridgehead atoms. The van der Waals surface area contributed by atoms with E-state index in [1.54, 1.807) is 0 Å². The molecule has 0 aromatic rings. The van der Waals surface area contributed by atoms with Crippen LogP contribution in [-0.2, 0) is 38.1 Å². The lowest BCUT2D eigenvalue weighted by Gasteiger charge is -2.41. The van der Waals surface area contributed by atoms with Crippen molar-refractivity contribution in [3.8, 4) is 0 Å². The minimum absolute atomic E-state index is 0.364. The van der Waals surface area contributed by atoms with E-state index in [4.69, 9.17) is 24.2 Å². The number of hydrogen-bond donors (Lipinski definition) is 2. The maximum atomic E-state index is 11.4. The summed E-state index contributed by atoms with van der Waals surface area (Å²) in [5.74, 6) is -3.00. The van der Waals surface area contributed by atoms with Gasteiger partial charge in [-0.2, -0.15) is 0 Å². The van der Waals surface area contributed by atoms with E-state index in [0.29, 0.717) is 0 Å². The van der Waals surface area contributed by atoms with Crippen molar-refractivity contribution in [2.45, 2.75) is 52.0 Å². The van der Waals surface area contributed by atoms with Gasteiger partial charge in [-0.3, -0.25) is 19.2 Å². The van der Waals surface area contributed by atoms with Gasteiger partial charge in [0.15, 0.2) is 18.3 Å². The summed E-state index contributed by atoms with van der Waals surface area (Å²) in [5.41, 5.74) is 0. The lowest BCUT2D eigenvalue weighted by molar-refractivity contribution is -0.186. The normalized spacial score (nSPS) is 27.0. The molecule has 1 amide bonds. The second-order valence-corrected chi connectivity index (χ2v) is 5.22. The molecule has 0 spiro atoms. The summed E-state index contributed by atoms with van der Waals surface area (Å²) in [6.45, 7) is 4.22. The van der Waals surface area contributed by atoms with Gasteiger partial charge in [0, 0.05) is 27.7 Å². The summed E-state index contributed by atoms with van der Waals surface area (Å²) in [6.07, 6.45) is -3.60. The Labute approximate surface area is 143 Å². The molecular formula is C14H20N2O9. The van der Waals surface area contributed by atoms with Crippen LogP contribution in [0.3, 0.4) is 0 Å². The van der Waals surface area contributed by atoms with Gasteiger partial charge in [0.1, 0.15) is 12.6 Å². The van der Waals surface area contributed by atoms with Crippen LogP contribution in [0.2, 0.25) is 0 Å². The standard InChI is InChI=1S/C14H20N2O9/c1-6(17)15-11-13(24-9(4)20)12(23-8(3)19)10(5-22-7(2)18)25-14(11)16-21/h10-13,21H,5H2,1-4H3,(H,15,17)/b16-14-/t10?,11?,12-,13+/m0/s1. The molecule has 4 atom stereocenters. The summed E-state index contributed by atoms with van der Waals surface area (Å²) < 4.78 is 20.5. The highest BCUT2D eigenvalue weighted by molar-refractivity contribution is 5.88. The second-order valence-electron chi connectivity index (χ2n) is 5.22. The van der Waals surface area contributed by atoms with E-state index in [2.05, 4.69) is 10.5 Å². The van der Waals surface area contributed by atoms with E-state index in [9.17, 15) is 19.2 Å². The van der Waals surface area contributed by atoms with E-state index in [-0.39, 0.29) is 12.5 Å². The zero-order chi connectivity index (χ0) is 19.1. The largest absolute Gasteiger partial charge is 0.466 e. The summed E-state index contributed by atoms with van der Waals surface area (Å²) in [4.78, 5) is 45.3. The molecule has 1 rings (SSSR count). The van der Waals surface area contributed by atoms with E-state index in [1.165, 1.54) is 6.92 Å². The fraction of sp³-hybridized carbons (Fsp3) is 0.643. The number of nitrogens with one attached hydrogen (secondary N) is 1. The molecule has 1 aliphatic rings. The molecule has 0 aliphatic carbocycles. The van der Waals surface area contributed by atoms with Crippen LogP contribution in [0.5, 0.6) is 0 Å². The number of rotatable bonds is 5. The summed E-state index contributed by atoms with van der Waals surface area (Å²) in [6, 6.07) is -1.20. The maximum absolute atomic E-state index is 11.4. The molecule has 0 aromatic heterocycles. The Morgan fingerprint density at radius 3 is 2.04 bits per heavy atom. The van der Waals surface area contributed by atoms with Gasteiger partial charge in [0.05, 0.1) is 0 Å². The lowest BCUT2D eigenvalue weighted by atomic mass is 9.96. The minimum atomic E-state index is -1.26. The van der Waals surface area contributed by atoms with Gasteiger partial charge < -0.3 is 29.5 Å². The van der Waals surface area contributed by atoms with Gasteiger partial charge in [-0.25, -0.2) is 0 Å². The van der Waals surface area contributed by atoms with Gasteiger partial charge in [0.2, 0.25) is 5.91 Å². The van der Waals surface area contributed by atoms with Crippen LogP contribution in [0.1, 0.15) is 27.7 Å². The van der Waals surface area contributed by atoms with Crippen molar-refractivity contribution in [2.75, 3.05) is 6.61 Å². The second kappa shape index (κ2) is 8.85. The fourth-order valence-electron chi connectivity index (χ4n) is 2.28. The number of amides is 1. The highest BCUT2D eigenvalue weighted by atomic mass is 16.6. The molecular weight excluding hydrogens is 340 g/mol. The average Bonchev–Trinajstić information content (AvgIpc) is 2.48. The zero-order valence-corrected chi connectivity index (χ0v) is 14.2. The van der Waals surface area contributed by atoms with Crippen LogP contribution >= 0.6 is 0 Å². The van der Waals surface area contributed by atoms with Crippen molar-refractivity contribution in [1.29, 1.82) is 0 Å². The predicted octanol–water partition coefficient (Wildman–Crippen LogP) is -0.896. The van der Waals surface area contributed by atoms with Crippen LogP contribution < -0.4 is 5.32 Å². The quantitative estimate of drug-likeness (QED) is 0.275. The fourth-order valence-corrected chi connectivity index (χ4v) is 2.28. The van der Waals surface area contributed by atoms with E-state index < -0.39 is 48.2 Å². The Hall–Kier alpha value is -2.85. The minimum Gasteiger partial charge on any atom is -0.466 e. The van der Waals surface area contributed by atoms with Gasteiger partial charge in [-0.1, -0.05) is 5.16 Å². The number of ether oxygens (including phenoxy) is 4. The van der Waals surface area contributed by atoms with Gasteiger partial charge >= 0.3 is 17.9 Å². The molecule has 11 nitrogen and oxygen atoms in total. The number of hydrogen-bond acceptors (Lipinski definition) is 10. The SMILES string of the molecule is CC(=O)NC1/C(=N/O)OC(COC(C)=O)[C@H](OC(C)=O)[C@@H]1OC(C)=O. The topological polar surface area (TPSA) is 150 Å². The molecule has 25 heavy (non-hydrogen) atoms. The Balaban J connectivity index is 3.23. The highest BCUT2D eigenvalue weighted by Crippen LogP contribution is 2.24. The van der Waals surface area contributed by atoms with Crippen molar-refractivity contribution >= 4 is 29.7 Å². The summed E-state index contributed by atoms with van der Waals surface area (Å²) in [5, 5.41) is 14.5. The number of carbonyl (C=O) groups is 4. The average molecular weight is 360 g/mol. The lowest BCUT2D eigenvalue weighted by Crippen LogP contribution is -2.64. The third-order valence-electron chi connectivity index (χ3n) is 3.07. The van der Waals surface area contributed by atoms with Gasteiger partial charge in [-0.05, 0) is 0 Å².